The molecule has 0 unspecified atom stereocenters. The average molecular weight is 364 g/mol. The van der Waals surface area contributed by atoms with Gasteiger partial charge in [-0.1, -0.05) is 0 Å². The van der Waals surface area contributed by atoms with Crippen LogP contribution in [0.25, 0.3) is 0 Å². The van der Waals surface area contributed by atoms with Gasteiger partial charge >= 0.3 is 0 Å². The van der Waals surface area contributed by atoms with Gasteiger partial charge in [0, 0.05) is 24.7 Å². The highest BCUT2D eigenvalue weighted by atomic mass is 32.1. The van der Waals surface area contributed by atoms with Crippen LogP contribution in [0.15, 0.2) is 23.3 Å². The zero-order valence-corrected chi connectivity index (χ0v) is 16.0. The molecule has 0 bridgehead atoms. The Labute approximate surface area is 152 Å². The molecule has 7 nitrogen and oxygen atoms in total. The molecule has 136 valence electrons. The number of methoxy groups -OCH3 is 3. The number of thiazole rings is 1. The van der Waals surface area contributed by atoms with Crippen LogP contribution in [0.2, 0.25) is 0 Å². The Bertz CT molecular complexity index is 705. The normalized spacial score (nSPS) is 11.2. The molecule has 1 heterocycles. The number of guanidine groups is 1. The molecule has 0 spiro atoms. The van der Waals surface area contributed by atoms with Gasteiger partial charge in [-0.3, -0.25) is 4.99 Å². The maximum Gasteiger partial charge on any atom is 0.203 e. The standard InChI is InChI=1S/C17H24N4O3S/c1-11-8-19-15(25-11)10-21-17(18-2)20-9-12-6-13(22-3)16(24-5)14(7-12)23-4/h6-8H,9-10H2,1-5H3,(H2,18,20,21). The number of aryl methyl sites for hydroxylation is 1. The van der Waals surface area contributed by atoms with Crippen molar-refractivity contribution in [1.82, 2.24) is 15.6 Å². The maximum atomic E-state index is 5.37. The number of hydrogen-bond donors (Lipinski definition) is 2. The molecular formula is C17H24N4O3S. The molecule has 0 aliphatic rings. The van der Waals surface area contributed by atoms with Gasteiger partial charge in [-0.25, -0.2) is 4.98 Å². The van der Waals surface area contributed by atoms with Crippen LogP contribution in [-0.4, -0.2) is 39.3 Å². The fourth-order valence-corrected chi connectivity index (χ4v) is 3.01. The molecule has 0 amide bonds. The Balaban J connectivity index is 2.01. The number of hydrogen-bond acceptors (Lipinski definition) is 6. The van der Waals surface area contributed by atoms with Crippen LogP contribution in [0.4, 0.5) is 0 Å². The number of ether oxygens (including phenoxy) is 3. The summed E-state index contributed by atoms with van der Waals surface area (Å²) in [5.74, 6) is 2.52. The van der Waals surface area contributed by atoms with E-state index in [4.69, 9.17) is 14.2 Å². The molecule has 0 fully saturated rings. The summed E-state index contributed by atoms with van der Waals surface area (Å²) in [7, 11) is 6.53. The maximum absolute atomic E-state index is 5.37. The van der Waals surface area contributed by atoms with Gasteiger partial charge in [0.25, 0.3) is 0 Å². The second-order valence-corrected chi connectivity index (χ2v) is 6.50. The molecule has 0 saturated carbocycles. The van der Waals surface area contributed by atoms with Crippen LogP contribution in [0, 0.1) is 6.92 Å². The van der Waals surface area contributed by atoms with E-state index in [1.807, 2.05) is 25.3 Å². The van der Waals surface area contributed by atoms with Crippen molar-refractivity contribution in [2.75, 3.05) is 28.4 Å². The van der Waals surface area contributed by atoms with Gasteiger partial charge in [-0.05, 0) is 24.6 Å². The van der Waals surface area contributed by atoms with E-state index in [2.05, 4.69) is 20.6 Å². The fraction of sp³-hybridized carbons (Fsp3) is 0.412. The van der Waals surface area contributed by atoms with Crippen LogP contribution < -0.4 is 24.8 Å². The summed E-state index contributed by atoms with van der Waals surface area (Å²) < 4.78 is 16.1. The lowest BCUT2D eigenvalue weighted by atomic mass is 10.2. The lowest BCUT2D eigenvalue weighted by molar-refractivity contribution is 0.323. The topological polar surface area (TPSA) is 77.0 Å². The van der Waals surface area contributed by atoms with Gasteiger partial charge in [0.05, 0.1) is 27.9 Å². The summed E-state index contributed by atoms with van der Waals surface area (Å²) in [6.07, 6.45) is 1.87. The second-order valence-electron chi connectivity index (χ2n) is 5.18. The average Bonchev–Trinajstić information content (AvgIpc) is 3.06. The predicted molar refractivity (Wildman–Crippen MR) is 100.0 cm³/mol. The van der Waals surface area contributed by atoms with E-state index in [9.17, 15) is 0 Å². The van der Waals surface area contributed by atoms with E-state index in [-0.39, 0.29) is 0 Å². The van der Waals surface area contributed by atoms with Crippen molar-refractivity contribution in [1.29, 1.82) is 0 Å². The SMILES string of the molecule is CN=C(NCc1cc(OC)c(OC)c(OC)c1)NCc1ncc(C)s1. The van der Waals surface area contributed by atoms with Gasteiger partial charge < -0.3 is 24.8 Å². The van der Waals surface area contributed by atoms with Crippen LogP contribution in [0.5, 0.6) is 17.2 Å². The van der Waals surface area contributed by atoms with Gasteiger partial charge in [0.15, 0.2) is 17.5 Å². The minimum atomic E-state index is 0.563. The summed E-state index contributed by atoms with van der Waals surface area (Å²) >= 11 is 1.67. The Morgan fingerprint density at radius 3 is 2.20 bits per heavy atom. The van der Waals surface area contributed by atoms with E-state index in [1.165, 1.54) is 4.88 Å². The lowest BCUT2D eigenvalue weighted by Crippen LogP contribution is -2.36. The molecule has 25 heavy (non-hydrogen) atoms. The summed E-state index contributed by atoms with van der Waals surface area (Å²) in [4.78, 5) is 9.75. The first kappa shape index (κ1) is 18.9. The van der Waals surface area contributed by atoms with Crippen molar-refractivity contribution in [3.05, 3.63) is 33.8 Å². The van der Waals surface area contributed by atoms with Crippen molar-refractivity contribution in [3.8, 4) is 17.2 Å². The fourth-order valence-electron chi connectivity index (χ4n) is 2.29. The number of benzene rings is 1. The lowest BCUT2D eigenvalue weighted by Gasteiger charge is -2.15. The number of aromatic nitrogens is 1. The van der Waals surface area contributed by atoms with Crippen LogP contribution in [0.3, 0.4) is 0 Å². The first-order valence-electron chi connectivity index (χ1n) is 7.76. The summed E-state index contributed by atoms with van der Waals surface area (Å²) in [6.45, 7) is 3.24. The summed E-state index contributed by atoms with van der Waals surface area (Å²) in [5.41, 5.74) is 0.988. The number of aliphatic imine (C=N–C) groups is 1. The smallest absolute Gasteiger partial charge is 0.203 e. The first-order valence-corrected chi connectivity index (χ1v) is 8.57. The molecule has 0 aliphatic heterocycles. The third-order valence-electron chi connectivity index (χ3n) is 3.48. The highest BCUT2D eigenvalue weighted by Gasteiger charge is 2.13. The molecule has 2 rings (SSSR count). The van der Waals surface area contributed by atoms with Crippen molar-refractivity contribution >= 4 is 17.3 Å². The summed E-state index contributed by atoms with van der Waals surface area (Å²) in [6, 6.07) is 3.82. The second kappa shape index (κ2) is 9.12. The van der Waals surface area contributed by atoms with E-state index < -0.39 is 0 Å². The molecule has 0 atom stereocenters. The Hall–Kier alpha value is -2.48. The quantitative estimate of drug-likeness (QED) is 0.580. The molecular weight excluding hydrogens is 340 g/mol. The molecule has 1 aromatic carbocycles. The monoisotopic (exact) mass is 364 g/mol. The van der Waals surface area contributed by atoms with E-state index >= 15 is 0 Å². The minimum Gasteiger partial charge on any atom is -0.493 e. The van der Waals surface area contributed by atoms with Crippen LogP contribution in [0.1, 0.15) is 15.4 Å². The Morgan fingerprint density at radius 2 is 1.72 bits per heavy atom. The Morgan fingerprint density at radius 1 is 1.08 bits per heavy atom. The third-order valence-corrected chi connectivity index (χ3v) is 4.40. The van der Waals surface area contributed by atoms with Crippen molar-refractivity contribution in [2.45, 2.75) is 20.0 Å². The van der Waals surface area contributed by atoms with Gasteiger partial charge in [-0.2, -0.15) is 0 Å². The van der Waals surface area contributed by atoms with Crippen LogP contribution in [-0.2, 0) is 13.1 Å². The van der Waals surface area contributed by atoms with Gasteiger partial charge in [0.1, 0.15) is 5.01 Å². The van der Waals surface area contributed by atoms with Gasteiger partial charge in [0.2, 0.25) is 5.75 Å². The molecule has 2 aromatic rings. The largest absolute Gasteiger partial charge is 0.493 e. The molecule has 0 saturated heterocycles. The number of rotatable bonds is 7. The Kier molecular flexibility index (Phi) is 6.88. The molecule has 1 aromatic heterocycles. The third kappa shape index (κ3) is 4.99. The first-order chi connectivity index (χ1) is 12.1. The van der Waals surface area contributed by atoms with Crippen molar-refractivity contribution in [2.24, 2.45) is 4.99 Å². The summed E-state index contributed by atoms with van der Waals surface area (Å²) in [5, 5.41) is 7.54. The minimum absolute atomic E-state index is 0.563. The number of nitrogens with one attached hydrogen (secondary N) is 2. The van der Waals surface area contributed by atoms with E-state index in [0.29, 0.717) is 36.3 Å². The molecule has 0 radical (unpaired) electrons. The van der Waals surface area contributed by atoms with Crippen LogP contribution >= 0.6 is 11.3 Å². The zero-order valence-electron chi connectivity index (χ0n) is 15.2. The zero-order chi connectivity index (χ0) is 18.2. The number of nitrogens with zero attached hydrogens (tertiary/aromatic N) is 2. The highest BCUT2D eigenvalue weighted by molar-refractivity contribution is 7.11. The van der Waals surface area contributed by atoms with Crippen molar-refractivity contribution in [3.63, 3.8) is 0 Å². The predicted octanol–water partition coefficient (Wildman–Crippen LogP) is 2.34. The van der Waals surface area contributed by atoms with Crippen molar-refractivity contribution < 1.29 is 14.2 Å². The van der Waals surface area contributed by atoms with E-state index in [1.54, 1.807) is 39.7 Å². The van der Waals surface area contributed by atoms with E-state index in [0.717, 1.165) is 10.6 Å². The molecule has 8 heteroatoms. The van der Waals surface area contributed by atoms with Gasteiger partial charge in [-0.15, -0.1) is 11.3 Å². The molecule has 0 aliphatic carbocycles. The molecule has 2 N–H and O–H groups in total. The highest BCUT2D eigenvalue weighted by Crippen LogP contribution is 2.38.